The van der Waals surface area contributed by atoms with E-state index in [-0.39, 0.29) is 5.91 Å². The smallest absolute Gasteiger partial charge is 0.224 e. The first-order chi connectivity index (χ1) is 9.04. The van der Waals surface area contributed by atoms with Crippen LogP contribution in [0.1, 0.15) is 29.3 Å². The monoisotopic (exact) mass is 259 g/mol. The number of anilines is 1. The molecule has 0 radical (unpaired) electrons. The van der Waals surface area contributed by atoms with E-state index in [4.69, 9.17) is 4.42 Å². The lowest BCUT2D eigenvalue weighted by atomic mass is 10.1. The van der Waals surface area contributed by atoms with Gasteiger partial charge in [0.2, 0.25) is 17.7 Å². The topological polar surface area (TPSA) is 68.0 Å². The van der Waals surface area contributed by atoms with Crippen LogP contribution in [0.2, 0.25) is 0 Å². The molecule has 0 saturated heterocycles. The first-order valence-corrected chi connectivity index (χ1v) is 6.20. The van der Waals surface area contributed by atoms with Crippen molar-refractivity contribution in [2.45, 2.75) is 33.6 Å². The number of rotatable bonds is 4. The van der Waals surface area contributed by atoms with Gasteiger partial charge in [0.15, 0.2) is 0 Å². The Bertz CT molecular complexity index is 590. The van der Waals surface area contributed by atoms with Crippen molar-refractivity contribution in [1.29, 1.82) is 0 Å². The molecule has 0 unspecified atom stereocenters. The average Bonchev–Trinajstić information content (AvgIpc) is 2.77. The molecule has 5 nitrogen and oxygen atoms in total. The largest absolute Gasteiger partial charge is 0.426 e. The van der Waals surface area contributed by atoms with Crippen molar-refractivity contribution in [3.63, 3.8) is 0 Å². The molecule has 0 spiro atoms. The standard InChI is InChI=1S/C14H17N3O2/c1-9-4-5-10(2)12(8-9)15-13(18)6-7-14-17-16-11(3)19-14/h4-5,8H,6-7H2,1-3H3,(H,15,18). The third-order valence-corrected chi connectivity index (χ3v) is 2.80. The van der Waals surface area contributed by atoms with Crippen LogP contribution in [0.15, 0.2) is 22.6 Å². The minimum Gasteiger partial charge on any atom is -0.426 e. The van der Waals surface area contributed by atoms with Crippen LogP contribution >= 0.6 is 0 Å². The Balaban J connectivity index is 1.92. The first kappa shape index (κ1) is 13.3. The van der Waals surface area contributed by atoms with Crippen molar-refractivity contribution in [3.05, 3.63) is 41.1 Å². The summed E-state index contributed by atoms with van der Waals surface area (Å²) in [6.07, 6.45) is 0.784. The second-order valence-corrected chi connectivity index (χ2v) is 4.58. The average molecular weight is 259 g/mol. The molecule has 1 aromatic carbocycles. The molecule has 0 aliphatic rings. The molecule has 0 saturated carbocycles. The number of hydrogen-bond acceptors (Lipinski definition) is 4. The Hall–Kier alpha value is -2.17. The molecule has 0 bridgehead atoms. The zero-order chi connectivity index (χ0) is 13.8. The van der Waals surface area contributed by atoms with Crippen LogP contribution in [-0.4, -0.2) is 16.1 Å². The maximum atomic E-state index is 11.9. The van der Waals surface area contributed by atoms with Gasteiger partial charge in [-0.1, -0.05) is 12.1 Å². The van der Waals surface area contributed by atoms with E-state index < -0.39 is 0 Å². The molecule has 0 fully saturated rings. The molecule has 5 heteroatoms. The fourth-order valence-electron chi connectivity index (χ4n) is 1.74. The van der Waals surface area contributed by atoms with Gasteiger partial charge in [0.05, 0.1) is 0 Å². The maximum Gasteiger partial charge on any atom is 0.224 e. The van der Waals surface area contributed by atoms with Gasteiger partial charge in [-0.3, -0.25) is 4.79 Å². The highest BCUT2D eigenvalue weighted by Gasteiger charge is 2.08. The number of nitrogens with one attached hydrogen (secondary N) is 1. The Labute approximate surface area is 112 Å². The summed E-state index contributed by atoms with van der Waals surface area (Å²) in [6, 6.07) is 5.97. The van der Waals surface area contributed by atoms with E-state index in [9.17, 15) is 4.79 Å². The zero-order valence-corrected chi connectivity index (χ0v) is 11.4. The van der Waals surface area contributed by atoms with Crippen molar-refractivity contribution in [2.75, 3.05) is 5.32 Å². The predicted molar refractivity (Wildman–Crippen MR) is 71.9 cm³/mol. The second-order valence-electron chi connectivity index (χ2n) is 4.58. The Morgan fingerprint density at radius 2 is 2.05 bits per heavy atom. The predicted octanol–water partition coefficient (Wildman–Crippen LogP) is 2.57. The van der Waals surface area contributed by atoms with E-state index >= 15 is 0 Å². The molecule has 1 N–H and O–H groups in total. The number of carbonyl (C=O) groups is 1. The van der Waals surface area contributed by atoms with Crippen molar-refractivity contribution in [3.8, 4) is 0 Å². The minimum absolute atomic E-state index is 0.0513. The number of nitrogens with zero attached hydrogens (tertiary/aromatic N) is 2. The van der Waals surface area contributed by atoms with E-state index in [0.717, 1.165) is 16.8 Å². The summed E-state index contributed by atoms with van der Waals surface area (Å²) in [4.78, 5) is 11.9. The summed E-state index contributed by atoms with van der Waals surface area (Å²) in [7, 11) is 0. The molecule has 2 aromatic rings. The maximum absolute atomic E-state index is 11.9. The van der Waals surface area contributed by atoms with Gasteiger partial charge < -0.3 is 9.73 Å². The van der Waals surface area contributed by atoms with Crippen molar-refractivity contribution in [2.24, 2.45) is 0 Å². The quantitative estimate of drug-likeness (QED) is 0.916. The molecule has 19 heavy (non-hydrogen) atoms. The van der Waals surface area contributed by atoms with Gasteiger partial charge in [-0.15, -0.1) is 10.2 Å². The second kappa shape index (κ2) is 5.65. The summed E-state index contributed by atoms with van der Waals surface area (Å²) in [6.45, 7) is 5.69. The van der Waals surface area contributed by atoms with Gasteiger partial charge in [-0.05, 0) is 31.0 Å². The highest BCUT2D eigenvalue weighted by Crippen LogP contribution is 2.16. The molecular weight excluding hydrogens is 242 g/mol. The molecule has 1 aromatic heterocycles. The van der Waals surface area contributed by atoms with E-state index in [2.05, 4.69) is 15.5 Å². The van der Waals surface area contributed by atoms with Crippen LogP contribution in [0.5, 0.6) is 0 Å². The van der Waals surface area contributed by atoms with E-state index in [1.54, 1.807) is 6.92 Å². The molecule has 0 aliphatic heterocycles. The summed E-state index contributed by atoms with van der Waals surface area (Å²) < 4.78 is 5.22. The fourth-order valence-corrected chi connectivity index (χ4v) is 1.74. The Morgan fingerprint density at radius 1 is 1.26 bits per heavy atom. The van der Waals surface area contributed by atoms with Crippen LogP contribution in [0.3, 0.4) is 0 Å². The van der Waals surface area contributed by atoms with Gasteiger partial charge in [-0.2, -0.15) is 0 Å². The summed E-state index contributed by atoms with van der Waals surface area (Å²) in [5, 5.41) is 10.5. The van der Waals surface area contributed by atoms with Gasteiger partial charge in [-0.25, -0.2) is 0 Å². The molecule has 0 aliphatic carbocycles. The first-order valence-electron chi connectivity index (χ1n) is 6.20. The Morgan fingerprint density at radius 3 is 2.74 bits per heavy atom. The molecule has 1 amide bonds. The van der Waals surface area contributed by atoms with E-state index in [1.807, 2.05) is 32.0 Å². The highest BCUT2D eigenvalue weighted by molar-refractivity contribution is 5.91. The number of carbonyl (C=O) groups excluding carboxylic acids is 1. The third kappa shape index (κ3) is 3.64. The molecule has 100 valence electrons. The molecule has 0 atom stereocenters. The number of amides is 1. The molecule has 2 rings (SSSR count). The van der Waals surface area contributed by atoms with Gasteiger partial charge in [0, 0.05) is 25.5 Å². The fraction of sp³-hybridized carbons (Fsp3) is 0.357. The van der Waals surface area contributed by atoms with E-state index in [1.165, 1.54) is 0 Å². The SMILES string of the molecule is Cc1ccc(C)c(NC(=O)CCc2nnc(C)o2)c1. The van der Waals surface area contributed by atoms with Gasteiger partial charge >= 0.3 is 0 Å². The minimum atomic E-state index is -0.0513. The zero-order valence-electron chi connectivity index (χ0n) is 11.4. The van der Waals surface area contributed by atoms with Crippen LogP contribution in [0.25, 0.3) is 0 Å². The third-order valence-electron chi connectivity index (χ3n) is 2.80. The summed E-state index contributed by atoms with van der Waals surface area (Å²) in [5.74, 6) is 0.961. The highest BCUT2D eigenvalue weighted by atomic mass is 16.4. The summed E-state index contributed by atoms with van der Waals surface area (Å²) in [5.41, 5.74) is 3.02. The summed E-state index contributed by atoms with van der Waals surface area (Å²) >= 11 is 0. The van der Waals surface area contributed by atoms with Gasteiger partial charge in [0.25, 0.3) is 0 Å². The number of benzene rings is 1. The molecular formula is C14H17N3O2. The number of aryl methyl sites for hydroxylation is 4. The molecule has 1 heterocycles. The normalized spacial score (nSPS) is 10.5. The lowest BCUT2D eigenvalue weighted by Crippen LogP contribution is -2.13. The van der Waals surface area contributed by atoms with Crippen LogP contribution in [0.4, 0.5) is 5.69 Å². The van der Waals surface area contributed by atoms with Crippen LogP contribution in [0, 0.1) is 20.8 Å². The van der Waals surface area contributed by atoms with Crippen LogP contribution in [-0.2, 0) is 11.2 Å². The van der Waals surface area contributed by atoms with E-state index in [0.29, 0.717) is 24.6 Å². The number of aromatic nitrogens is 2. The van der Waals surface area contributed by atoms with Crippen molar-refractivity contribution in [1.82, 2.24) is 10.2 Å². The Kier molecular flexibility index (Phi) is 3.94. The lowest BCUT2D eigenvalue weighted by Gasteiger charge is -2.08. The van der Waals surface area contributed by atoms with Gasteiger partial charge in [0.1, 0.15) is 0 Å². The van der Waals surface area contributed by atoms with Crippen LogP contribution < -0.4 is 5.32 Å². The number of hydrogen-bond donors (Lipinski definition) is 1. The van der Waals surface area contributed by atoms with Crippen molar-refractivity contribution >= 4 is 11.6 Å². The van der Waals surface area contributed by atoms with Crippen molar-refractivity contribution < 1.29 is 9.21 Å². The lowest BCUT2D eigenvalue weighted by molar-refractivity contribution is -0.116.